The van der Waals surface area contributed by atoms with Crippen molar-refractivity contribution >= 4 is 60.8 Å². The van der Waals surface area contributed by atoms with Crippen LogP contribution in [0.1, 0.15) is 40.2 Å². The summed E-state index contributed by atoms with van der Waals surface area (Å²) in [5.74, 6) is 0.624. The molecule has 1 aromatic heterocycles. The molecule has 0 fully saturated rings. The van der Waals surface area contributed by atoms with Crippen molar-refractivity contribution in [2.75, 3.05) is 0 Å². The van der Waals surface area contributed by atoms with Crippen LogP contribution in [0.5, 0.6) is 0 Å². The maximum absolute atomic E-state index is 12.2. The minimum absolute atomic E-state index is 0.00415. The highest BCUT2D eigenvalue weighted by Crippen LogP contribution is 2.51. The second kappa shape index (κ2) is 8.52. The smallest absolute Gasteiger partial charge is 0.160 e. The Kier molecular flexibility index (Phi) is 4.92. The third kappa shape index (κ3) is 3.43. The Morgan fingerprint density at radius 2 is 1.74 bits per heavy atom. The highest BCUT2D eigenvalue weighted by molar-refractivity contribution is 7.26. The van der Waals surface area contributed by atoms with Crippen molar-refractivity contribution in [1.29, 1.82) is 0 Å². The zero-order valence-electron chi connectivity index (χ0n) is 21.1. The van der Waals surface area contributed by atoms with Gasteiger partial charge in [-0.2, -0.15) is 0 Å². The molecule has 8 rings (SSSR count). The molecule has 2 unspecified atom stereocenters. The first-order chi connectivity index (χ1) is 19.2. The molecule has 2 atom stereocenters. The lowest BCUT2D eigenvalue weighted by molar-refractivity contribution is -0.113. The van der Waals surface area contributed by atoms with Gasteiger partial charge in [-0.1, -0.05) is 103 Å². The first-order valence-corrected chi connectivity index (χ1v) is 14.1. The highest BCUT2D eigenvalue weighted by Gasteiger charge is 2.35. The molecular formula is C36H24O2S. The van der Waals surface area contributed by atoms with Crippen LogP contribution in [0.2, 0.25) is 0 Å². The molecule has 39 heavy (non-hydrogen) atoms. The molecule has 4 aliphatic carbocycles. The van der Waals surface area contributed by atoms with Crippen molar-refractivity contribution in [3.05, 3.63) is 142 Å². The van der Waals surface area contributed by atoms with Gasteiger partial charge in [0.05, 0.1) is 0 Å². The van der Waals surface area contributed by atoms with Crippen LogP contribution in [-0.4, -0.2) is 10.9 Å². The predicted octanol–water partition coefficient (Wildman–Crippen LogP) is 9.19. The highest BCUT2D eigenvalue weighted by atomic mass is 32.1. The van der Waals surface area contributed by atoms with Gasteiger partial charge in [0.2, 0.25) is 0 Å². The van der Waals surface area contributed by atoms with Gasteiger partial charge in [0.1, 0.15) is 5.76 Å². The Bertz CT molecular complexity index is 1970. The van der Waals surface area contributed by atoms with E-state index in [0.29, 0.717) is 5.57 Å². The SMILES string of the molecule is O=C1C=CC=CC(=C(O)c2ccc3c4c2C=CC2=CC(c5cccc6c5sc5ccccc56)=CC(C=C3)C24)C1. The predicted molar refractivity (Wildman–Crippen MR) is 164 cm³/mol. The summed E-state index contributed by atoms with van der Waals surface area (Å²) in [6.45, 7) is 0. The Hall–Kier alpha value is -4.47. The van der Waals surface area contributed by atoms with Crippen LogP contribution < -0.4 is 0 Å². The summed E-state index contributed by atoms with van der Waals surface area (Å²) in [5.41, 5.74) is 8.80. The third-order valence-electron chi connectivity index (χ3n) is 8.34. The molecule has 3 aromatic carbocycles. The minimum Gasteiger partial charge on any atom is -0.507 e. The number of carbonyl (C=O) groups excluding carboxylic acids is 1. The summed E-state index contributed by atoms with van der Waals surface area (Å²) in [6, 6.07) is 19.4. The van der Waals surface area contributed by atoms with E-state index in [1.807, 2.05) is 29.6 Å². The zero-order chi connectivity index (χ0) is 26.1. The van der Waals surface area contributed by atoms with Crippen LogP contribution in [0.3, 0.4) is 0 Å². The van der Waals surface area contributed by atoms with Crippen LogP contribution in [0, 0.1) is 5.92 Å². The Labute approximate surface area is 230 Å². The van der Waals surface area contributed by atoms with E-state index in [9.17, 15) is 9.90 Å². The topological polar surface area (TPSA) is 37.3 Å². The van der Waals surface area contributed by atoms with Gasteiger partial charge in [-0.3, -0.25) is 4.79 Å². The van der Waals surface area contributed by atoms with E-state index in [1.165, 1.54) is 48.0 Å². The number of aliphatic hydroxyl groups excluding tert-OH is 1. The number of aliphatic hydroxyl groups is 1. The lowest BCUT2D eigenvalue weighted by atomic mass is 9.66. The molecule has 1 heterocycles. The number of fused-ring (bicyclic) bond motifs is 3. The van der Waals surface area contributed by atoms with Gasteiger partial charge in [0.15, 0.2) is 5.78 Å². The summed E-state index contributed by atoms with van der Waals surface area (Å²) >= 11 is 1.87. The van der Waals surface area contributed by atoms with E-state index in [4.69, 9.17) is 0 Å². The van der Waals surface area contributed by atoms with Crippen molar-refractivity contribution in [3.63, 3.8) is 0 Å². The fourth-order valence-electron chi connectivity index (χ4n) is 6.56. The van der Waals surface area contributed by atoms with E-state index < -0.39 is 0 Å². The normalized spacial score (nSPS) is 22.1. The molecule has 0 amide bonds. The van der Waals surface area contributed by atoms with Crippen molar-refractivity contribution in [3.8, 4) is 0 Å². The molecule has 186 valence electrons. The first-order valence-electron chi connectivity index (χ1n) is 13.3. The molecule has 4 aromatic rings. The van der Waals surface area contributed by atoms with Gasteiger partial charge in [0, 0.05) is 49.6 Å². The number of thiophene rings is 1. The monoisotopic (exact) mass is 520 g/mol. The molecular weight excluding hydrogens is 496 g/mol. The number of allylic oxidation sites excluding steroid dienone is 11. The van der Waals surface area contributed by atoms with Crippen molar-refractivity contribution in [1.82, 2.24) is 0 Å². The first kappa shape index (κ1) is 22.5. The van der Waals surface area contributed by atoms with E-state index in [-0.39, 0.29) is 29.8 Å². The molecule has 0 bridgehead atoms. The van der Waals surface area contributed by atoms with E-state index >= 15 is 0 Å². The Morgan fingerprint density at radius 1 is 0.872 bits per heavy atom. The number of ketones is 1. The lowest BCUT2D eigenvalue weighted by Gasteiger charge is -2.37. The summed E-state index contributed by atoms with van der Waals surface area (Å²) in [4.78, 5) is 12.2. The van der Waals surface area contributed by atoms with Crippen molar-refractivity contribution in [2.45, 2.75) is 12.3 Å². The fourth-order valence-corrected chi connectivity index (χ4v) is 7.80. The van der Waals surface area contributed by atoms with Gasteiger partial charge < -0.3 is 5.11 Å². The number of hydrogen-bond acceptors (Lipinski definition) is 3. The zero-order valence-corrected chi connectivity index (χ0v) is 21.9. The van der Waals surface area contributed by atoms with Gasteiger partial charge in [-0.05, 0) is 45.5 Å². The van der Waals surface area contributed by atoms with Gasteiger partial charge in [-0.15, -0.1) is 11.3 Å². The van der Waals surface area contributed by atoms with Crippen molar-refractivity contribution < 1.29 is 9.90 Å². The fraction of sp³-hybridized carbons (Fsp3) is 0.0833. The van der Waals surface area contributed by atoms with Crippen LogP contribution in [-0.2, 0) is 4.79 Å². The molecule has 2 nitrogen and oxygen atoms in total. The quantitative estimate of drug-likeness (QED) is 0.268. The van der Waals surface area contributed by atoms with Crippen LogP contribution in [0.25, 0.3) is 43.7 Å². The summed E-state index contributed by atoms with van der Waals surface area (Å²) in [5, 5.41) is 14.0. The second-order valence-corrected chi connectivity index (χ2v) is 11.6. The largest absolute Gasteiger partial charge is 0.507 e. The van der Waals surface area contributed by atoms with Crippen molar-refractivity contribution in [2.24, 2.45) is 5.92 Å². The van der Waals surface area contributed by atoms with E-state index in [2.05, 4.69) is 85.0 Å². The van der Waals surface area contributed by atoms with Gasteiger partial charge >= 0.3 is 0 Å². The summed E-state index contributed by atoms with van der Waals surface area (Å²) < 4.78 is 2.65. The van der Waals surface area contributed by atoms with Gasteiger partial charge in [0.25, 0.3) is 0 Å². The van der Waals surface area contributed by atoms with E-state index in [1.54, 1.807) is 12.2 Å². The maximum Gasteiger partial charge on any atom is 0.160 e. The Morgan fingerprint density at radius 3 is 2.69 bits per heavy atom. The number of benzene rings is 3. The molecule has 1 N–H and O–H groups in total. The second-order valence-electron chi connectivity index (χ2n) is 10.6. The average molecular weight is 521 g/mol. The third-order valence-corrected chi connectivity index (χ3v) is 9.56. The molecule has 0 aliphatic heterocycles. The Balaban J connectivity index is 1.26. The lowest BCUT2D eigenvalue weighted by Crippen LogP contribution is -2.22. The standard InChI is InChI=1S/C36H24O2S/c37-26-7-2-1-6-24(20-26)35(38)30-17-14-21-12-13-22-18-25(19-23-15-16-29(30)34(21)33(22)23)27-9-5-10-31-28-8-3-4-11-32(28)39-36(27)31/h1-19,22,33,38H,20H2. The number of hydrogen-bond donors (Lipinski definition) is 1. The molecule has 0 spiro atoms. The number of carbonyl (C=O) groups is 1. The van der Waals surface area contributed by atoms with Crippen LogP contribution in [0.15, 0.2) is 114 Å². The molecule has 3 heteroatoms. The molecule has 0 saturated carbocycles. The number of rotatable bonds is 2. The minimum atomic E-state index is -0.00415. The van der Waals surface area contributed by atoms with Gasteiger partial charge in [-0.25, -0.2) is 0 Å². The summed E-state index contributed by atoms with van der Waals surface area (Å²) in [6.07, 6.45) is 20.8. The molecule has 0 saturated heterocycles. The molecule has 0 radical (unpaired) electrons. The average Bonchev–Trinajstić information content (AvgIpc) is 3.21. The van der Waals surface area contributed by atoms with Crippen LogP contribution in [0.4, 0.5) is 0 Å². The van der Waals surface area contributed by atoms with E-state index in [0.717, 1.165) is 11.1 Å². The summed E-state index contributed by atoms with van der Waals surface area (Å²) in [7, 11) is 0. The maximum atomic E-state index is 12.2. The molecule has 4 aliphatic rings. The van der Waals surface area contributed by atoms with Crippen LogP contribution >= 0.6 is 11.3 Å².